The first kappa shape index (κ1) is 16.3. The van der Waals surface area contributed by atoms with E-state index in [1.165, 1.54) is 0 Å². The van der Waals surface area contributed by atoms with Crippen LogP contribution in [0.1, 0.15) is 12.0 Å². The molecule has 6 heteroatoms. The second-order valence-corrected chi connectivity index (χ2v) is 5.92. The minimum absolute atomic E-state index is 0.00790. The largest absolute Gasteiger partial charge is 0.482 e. The number of anilines is 2. The van der Waals surface area contributed by atoms with Crippen LogP contribution in [0.5, 0.6) is 5.75 Å². The molecule has 5 nitrogen and oxygen atoms in total. The lowest BCUT2D eigenvalue weighted by Crippen LogP contribution is -2.40. The van der Waals surface area contributed by atoms with Crippen LogP contribution in [-0.4, -0.2) is 25.0 Å². The zero-order valence-corrected chi connectivity index (χ0v) is 14.0. The molecule has 1 N–H and O–H groups in total. The third-order valence-corrected chi connectivity index (χ3v) is 4.32. The molecule has 0 atom stereocenters. The summed E-state index contributed by atoms with van der Waals surface area (Å²) < 4.78 is 5.39. The van der Waals surface area contributed by atoms with E-state index in [-0.39, 0.29) is 24.8 Å². The molecule has 0 saturated heterocycles. The molecular formula is C18H17ClN2O3. The average molecular weight is 345 g/mol. The van der Waals surface area contributed by atoms with E-state index in [1.54, 1.807) is 23.1 Å². The van der Waals surface area contributed by atoms with Crippen molar-refractivity contribution >= 4 is 34.8 Å². The predicted octanol–water partition coefficient (Wildman–Crippen LogP) is 3.40. The van der Waals surface area contributed by atoms with Crippen LogP contribution in [0.2, 0.25) is 5.02 Å². The SMILES string of the molecule is Cc1c(Cl)cccc1NC(=O)CCN1C(=O)COc2ccccc21. The first-order valence-electron chi connectivity index (χ1n) is 7.63. The Labute approximate surface area is 145 Å². The molecule has 0 bridgehead atoms. The Balaban J connectivity index is 1.66. The number of benzene rings is 2. The summed E-state index contributed by atoms with van der Waals surface area (Å²) in [6, 6.07) is 12.7. The lowest BCUT2D eigenvalue weighted by atomic mass is 10.2. The van der Waals surface area contributed by atoms with E-state index in [4.69, 9.17) is 16.3 Å². The lowest BCUT2D eigenvalue weighted by Gasteiger charge is -2.29. The van der Waals surface area contributed by atoms with E-state index in [1.807, 2.05) is 31.2 Å². The number of carbonyl (C=O) groups is 2. The van der Waals surface area contributed by atoms with Crippen molar-refractivity contribution < 1.29 is 14.3 Å². The Hall–Kier alpha value is -2.53. The second kappa shape index (κ2) is 6.93. The zero-order valence-electron chi connectivity index (χ0n) is 13.2. The third-order valence-electron chi connectivity index (χ3n) is 3.91. The fourth-order valence-corrected chi connectivity index (χ4v) is 2.74. The van der Waals surface area contributed by atoms with Gasteiger partial charge in [0.15, 0.2) is 6.61 Å². The second-order valence-electron chi connectivity index (χ2n) is 5.51. The highest BCUT2D eigenvalue weighted by Crippen LogP contribution is 2.31. The van der Waals surface area contributed by atoms with Gasteiger partial charge in [-0.15, -0.1) is 0 Å². The summed E-state index contributed by atoms with van der Waals surface area (Å²) in [5.74, 6) is 0.334. The number of hydrogen-bond acceptors (Lipinski definition) is 3. The molecule has 2 aromatic rings. The minimum Gasteiger partial charge on any atom is -0.482 e. The average Bonchev–Trinajstić information content (AvgIpc) is 2.58. The van der Waals surface area contributed by atoms with Crippen molar-refractivity contribution in [1.82, 2.24) is 0 Å². The Morgan fingerprint density at radius 3 is 2.88 bits per heavy atom. The standard InChI is InChI=1S/C18H17ClN2O3/c1-12-13(19)5-4-6-14(12)20-17(22)9-10-21-15-7-2-3-8-16(15)24-11-18(21)23/h2-8H,9-11H2,1H3,(H,20,22). The molecule has 0 unspecified atom stereocenters. The molecule has 0 saturated carbocycles. The number of nitrogens with one attached hydrogen (secondary N) is 1. The summed E-state index contributed by atoms with van der Waals surface area (Å²) in [5, 5.41) is 3.44. The van der Waals surface area contributed by atoms with Gasteiger partial charge >= 0.3 is 0 Å². The summed E-state index contributed by atoms with van der Waals surface area (Å²) in [6.45, 7) is 2.14. The Morgan fingerprint density at radius 2 is 2.04 bits per heavy atom. The van der Waals surface area contributed by atoms with Crippen LogP contribution in [0.4, 0.5) is 11.4 Å². The summed E-state index contributed by atoms with van der Waals surface area (Å²) in [7, 11) is 0. The van der Waals surface area contributed by atoms with Gasteiger partial charge in [-0.3, -0.25) is 9.59 Å². The minimum atomic E-state index is -0.169. The number of amides is 2. The van der Waals surface area contributed by atoms with E-state index in [2.05, 4.69) is 5.32 Å². The number of ether oxygens (including phenoxy) is 1. The first-order valence-corrected chi connectivity index (χ1v) is 8.01. The molecule has 0 aliphatic carbocycles. The van der Waals surface area contributed by atoms with Crippen LogP contribution < -0.4 is 15.0 Å². The molecule has 2 aromatic carbocycles. The predicted molar refractivity (Wildman–Crippen MR) is 93.7 cm³/mol. The van der Waals surface area contributed by atoms with Crippen molar-refractivity contribution in [3.8, 4) is 5.75 Å². The van der Waals surface area contributed by atoms with Gasteiger partial charge in [0, 0.05) is 23.7 Å². The summed E-state index contributed by atoms with van der Waals surface area (Å²) >= 11 is 6.05. The van der Waals surface area contributed by atoms with Crippen LogP contribution in [-0.2, 0) is 9.59 Å². The van der Waals surface area contributed by atoms with Crippen molar-refractivity contribution in [3.63, 3.8) is 0 Å². The molecule has 1 heterocycles. The molecule has 1 aliphatic heterocycles. The fourth-order valence-electron chi connectivity index (χ4n) is 2.57. The Morgan fingerprint density at radius 1 is 1.25 bits per heavy atom. The number of rotatable bonds is 4. The molecule has 0 radical (unpaired) electrons. The van der Waals surface area contributed by atoms with E-state index in [0.717, 1.165) is 5.56 Å². The smallest absolute Gasteiger partial charge is 0.265 e. The quantitative estimate of drug-likeness (QED) is 0.924. The monoisotopic (exact) mass is 344 g/mol. The fraction of sp³-hybridized carbons (Fsp3) is 0.222. The van der Waals surface area contributed by atoms with E-state index >= 15 is 0 Å². The van der Waals surface area contributed by atoms with Crippen LogP contribution in [0.3, 0.4) is 0 Å². The van der Waals surface area contributed by atoms with Gasteiger partial charge in [0.05, 0.1) is 5.69 Å². The maximum atomic E-state index is 12.2. The van der Waals surface area contributed by atoms with Crippen molar-refractivity contribution in [3.05, 3.63) is 53.1 Å². The van der Waals surface area contributed by atoms with Gasteiger partial charge in [-0.2, -0.15) is 0 Å². The van der Waals surface area contributed by atoms with Gasteiger partial charge in [0.1, 0.15) is 5.75 Å². The molecule has 2 amide bonds. The maximum absolute atomic E-state index is 12.2. The normalized spacial score (nSPS) is 13.2. The van der Waals surface area contributed by atoms with Crippen LogP contribution in [0.25, 0.3) is 0 Å². The van der Waals surface area contributed by atoms with Gasteiger partial charge in [0.25, 0.3) is 5.91 Å². The molecule has 124 valence electrons. The number of nitrogens with zero attached hydrogens (tertiary/aromatic N) is 1. The van der Waals surface area contributed by atoms with E-state index in [9.17, 15) is 9.59 Å². The number of halogens is 1. The maximum Gasteiger partial charge on any atom is 0.265 e. The van der Waals surface area contributed by atoms with E-state index < -0.39 is 0 Å². The van der Waals surface area contributed by atoms with Gasteiger partial charge in [-0.25, -0.2) is 0 Å². The topological polar surface area (TPSA) is 58.6 Å². The molecule has 1 aliphatic rings. The van der Waals surface area contributed by atoms with Gasteiger partial charge in [-0.1, -0.05) is 29.8 Å². The Kier molecular flexibility index (Phi) is 4.71. The van der Waals surface area contributed by atoms with E-state index in [0.29, 0.717) is 28.7 Å². The van der Waals surface area contributed by atoms with Gasteiger partial charge in [-0.05, 0) is 36.8 Å². The van der Waals surface area contributed by atoms with Crippen molar-refractivity contribution in [2.24, 2.45) is 0 Å². The molecule has 0 aromatic heterocycles. The van der Waals surface area contributed by atoms with Crippen molar-refractivity contribution in [1.29, 1.82) is 0 Å². The number of para-hydroxylation sites is 2. The number of hydrogen-bond donors (Lipinski definition) is 1. The Bertz CT molecular complexity index is 792. The summed E-state index contributed by atoms with van der Waals surface area (Å²) in [5.41, 5.74) is 2.20. The highest BCUT2D eigenvalue weighted by atomic mass is 35.5. The van der Waals surface area contributed by atoms with Crippen LogP contribution in [0.15, 0.2) is 42.5 Å². The highest BCUT2D eigenvalue weighted by molar-refractivity contribution is 6.31. The van der Waals surface area contributed by atoms with Crippen LogP contribution >= 0.6 is 11.6 Å². The number of carbonyl (C=O) groups excluding carboxylic acids is 2. The molecule has 24 heavy (non-hydrogen) atoms. The molecule has 0 fully saturated rings. The number of fused-ring (bicyclic) bond motifs is 1. The van der Waals surface area contributed by atoms with Gasteiger partial charge < -0.3 is 15.0 Å². The molecular weight excluding hydrogens is 328 g/mol. The van der Waals surface area contributed by atoms with Crippen LogP contribution in [0, 0.1) is 6.92 Å². The van der Waals surface area contributed by atoms with Gasteiger partial charge in [0.2, 0.25) is 5.91 Å². The lowest BCUT2D eigenvalue weighted by molar-refractivity contribution is -0.121. The highest BCUT2D eigenvalue weighted by Gasteiger charge is 2.25. The van der Waals surface area contributed by atoms with Crippen molar-refractivity contribution in [2.45, 2.75) is 13.3 Å². The zero-order chi connectivity index (χ0) is 17.1. The third kappa shape index (κ3) is 3.36. The van der Waals surface area contributed by atoms with Crippen molar-refractivity contribution in [2.75, 3.05) is 23.4 Å². The molecule has 0 spiro atoms. The first-order chi connectivity index (χ1) is 11.6. The summed E-state index contributed by atoms with van der Waals surface area (Å²) in [4.78, 5) is 25.9. The molecule has 3 rings (SSSR count). The summed E-state index contributed by atoms with van der Waals surface area (Å²) in [6.07, 6.45) is 0.187.